The monoisotopic (exact) mass is 327 g/mol. The van der Waals surface area contributed by atoms with Gasteiger partial charge in [0.1, 0.15) is 11.5 Å². The highest BCUT2D eigenvalue weighted by Gasteiger charge is 2.18. The molecule has 0 unspecified atom stereocenters. The standard InChI is InChI=1S/C20H25NO3/c1-13-7-6-8-19(14(13)2)24-16(4)20(22)21-15(3)17-9-11-18(23-5)12-10-17/h6-12,15-16H,1-5H3,(H,21,22)/t15-,16+/m0/s1. The van der Waals surface area contributed by atoms with Gasteiger partial charge in [-0.25, -0.2) is 0 Å². The van der Waals surface area contributed by atoms with Gasteiger partial charge in [-0.1, -0.05) is 24.3 Å². The fourth-order valence-corrected chi connectivity index (χ4v) is 2.40. The van der Waals surface area contributed by atoms with Gasteiger partial charge < -0.3 is 14.8 Å². The van der Waals surface area contributed by atoms with Gasteiger partial charge in [-0.05, 0) is 62.6 Å². The molecule has 1 amide bonds. The first-order chi connectivity index (χ1) is 11.4. The van der Waals surface area contributed by atoms with E-state index < -0.39 is 6.10 Å². The predicted octanol–water partition coefficient (Wildman–Crippen LogP) is 3.96. The normalized spacial score (nSPS) is 13.0. The zero-order valence-electron chi connectivity index (χ0n) is 14.9. The van der Waals surface area contributed by atoms with Crippen molar-refractivity contribution in [3.63, 3.8) is 0 Å². The number of aryl methyl sites for hydroxylation is 1. The van der Waals surface area contributed by atoms with Gasteiger partial charge in [0.05, 0.1) is 13.2 Å². The summed E-state index contributed by atoms with van der Waals surface area (Å²) < 4.78 is 11.0. The number of amides is 1. The van der Waals surface area contributed by atoms with Gasteiger partial charge in [0, 0.05) is 0 Å². The van der Waals surface area contributed by atoms with Crippen molar-refractivity contribution in [2.45, 2.75) is 39.8 Å². The number of methoxy groups -OCH3 is 1. The predicted molar refractivity (Wildman–Crippen MR) is 95.6 cm³/mol. The largest absolute Gasteiger partial charge is 0.497 e. The van der Waals surface area contributed by atoms with Crippen LogP contribution in [0.25, 0.3) is 0 Å². The van der Waals surface area contributed by atoms with E-state index in [-0.39, 0.29) is 11.9 Å². The van der Waals surface area contributed by atoms with Gasteiger partial charge in [-0.2, -0.15) is 0 Å². The van der Waals surface area contributed by atoms with Gasteiger partial charge >= 0.3 is 0 Å². The second-order valence-electron chi connectivity index (χ2n) is 5.96. The van der Waals surface area contributed by atoms with Crippen LogP contribution in [-0.4, -0.2) is 19.1 Å². The van der Waals surface area contributed by atoms with Crippen LogP contribution in [0.5, 0.6) is 11.5 Å². The first-order valence-electron chi connectivity index (χ1n) is 8.09. The summed E-state index contributed by atoms with van der Waals surface area (Å²) in [5.41, 5.74) is 3.22. The molecule has 0 aliphatic heterocycles. The van der Waals surface area contributed by atoms with Crippen molar-refractivity contribution in [2.75, 3.05) is 7.11 Å². The SMILES string of the molecule is COc1ccc([C@H](C)NC(=O)[C@@H](C)Oc2cccc(C)c2C)cc1. The van der Waals surface area contributed by atoms with Gasteiger partial charge in [0.2, 0.25) is 0 Å². The van der Waals surface area contributed by atoms with E-state index in [4.69, 9.17) is 9.47 Å². The second-order valence-corrected chi connectivity index (χ2v) is 5.96. The molecule has 0 saturated heterocycles. The lowest BCUT2D eigenvalue weighted by Gasteiger charge is -2.20. The Hall–Kier alpha value is -2.49. The Kier molecular flexibility index (Phi) is 5.85. The molecule has 0 aliphatic rings. The van der Waals surface area contributed by atoms with Crippen molar-refractivity contribution < 1.29 is 14.3 Å². The molecular formula is C20H25NO3. The molecule has 2 aromatic rings. The number of benzene rings is 2. The lowest BCUT2D eigenvalue weighted by atomic mass is 10.1. The Morgan fingerprint density at radius 3 is 2.33 bits per heavy atom. The maximum absolute atomic E-state index is 12.4. The highest BCUT2D eigenvalue weighted by atomic mass is 16.5. The van der Waals surface area contributed by atoms with E-state index in [1.807, 2.05) is 63.2 Å². The summed E-state index contributed by atoms with van der Waals surface area (Å²) in [5.74, 6) is 1.40. The molecule has 0 bridgehead atoms. The molecular weight excluding hydrogens is 302 g/mol. The quantitative estimate of drug-likeness (QED) is 0.874. The molecule has 128 valence electrons. The van der Waals surface area contributed by atoms with Crippen LogP contribution in [0.2, 0.25) is 0 Å². The molecule has 2 aromatic carbocycles. The highest BCUT2D eigenvalue weighted by molar-refractivity contribution is 5.81. The Balaban J connectivity index is 1.98. The summed E-state index contributed by atoms with van der Waals surface area (Å²) in [4.78, 5) is 12.4. The van der Waals surface area contributed by atoms with Crippen LogP contribution >= 0.6 is 0 Å². The maximum atomic E-state index is 12.4. The van der Waals surface area contributed by atoms with Crippen LogP contribution < -0.4 is 14.8 Å². The molecule has 4 nitrogen and oxygen atoms in total. The minimum absolute atomic E-state index is 0.104. The minimum Gasteiger partial charge on any atom is -0.497 e. The van der Waals surface area contributed by atoms with Crippen molar-refractivity contribution in [2.24, 2.45) is 0 Å². The smallest absolute Gasteiger partial charge is 0.261 e. The third-order valence-electron chi connectivity index (χ3n) is 4.20. The molecule has 0 aliphatic carbocycles. The lowest BCUT2D eigenvalue weighted by Crippen LogP contribution is -2.37. The van der Waals surface area contributed by atoms with Gasteiger partial charge in [0.25, 0.3) is 5.91 Å². The van der Waals surface area contributed by atoms with Crippen LogP contribution in [0.1, 0.15) is 36.6 Å². The molecule has 1 N–H and O–H groups in total. The van der Waals surface area contributed by atoms with E-state index in [9.17, 15) is 4.79 Å². The fourth-order valence-electron chi connectivity index (χ4n) is 2.40. The van der Waals surface area contributed by atoms with E-state index >= 15 is 0 Å². The minimum atomic E-state index is -0.564. The van der Waals surface area contributed by atoms with Crippen LogP contribution in [0.4, 0.5) is 0 Å². The highest BCUT2D eigenvalue weighted by Crippen LogP contribution is 2.22. The van der Waals surface area contributed by atoms with E-state index in [1.165, 1.54) is 0 Å². The van der Waals surface area contributed by atoms with E-state index in [1.54, 1.807) is 14.0 Å². The molecule has 0 radical (unpaired) electrons. The number of hydrogen-bond donors (Lipinski definition) is 1. The summed E-state index contributed by atoms with van der Waals surface area (Å²) in [6, 6.07) is 13.4. The molecule has 2 rings (SSSR count). The van der Waals surface area contributed by atoms with Crippen molar-refractivity contribution in [1.29, 1.82) is 0 Å². The molecule has 0 fully saturated rings. The van der Waals surface area contributed by atoms with Gasteiger partial charge in [-0.15, -0.1) is 0 Å². The molecule has 0 heterocycles. The molecule has 2 atom stereocenters. The molecule has 24 heavy (non-hydrogen) atoms. The maximum Gasteiger partial charge on any atom is 0.261 e. The topological polar surface area (TPSA) is 47.6 Å². The molecule has 4 heteroatoms. The molecule has 0 saturated carbocycles. The third-order valence-corrected chi connectivity index (χ3v) is 4.20. The van der Waals surface area contributed by atoms with Crippen molar-refractivity contribution in [3.8, 4) is 11.5 Å². The number of rotatable bonds is 6. The Labute approximate surface area is 143 Å². The summed E-state index contributed by atoms with van der Waals surface area (Å²) in [6.45, 7) is 7.73. The second kappa shape index (κ2) is 7.86. The summed E-state index contributed by atoms with van der Waals surface area (Å²) in [6.07, 6.45) is -0.564. The van der Waals surface area contributed by atoms with E-state index in [0.717, 1.165) is 28.2 Å². The Bertz CT molecular complexity index is 695. The Morgan fingerprint density at radius 2 is 1.71 bits per heavy atom. The van der Waals surface area contributed by atoms with E-state index in [0.29, 0.717) is 0 Å². The average Bonchev–Trinajstić information content (AvgIpc) is 2.58. The summed E-state index contributed by atoms with van der Waals surface area (Å²) in [5, 5.41) is 2.98. The first-order valence-corrected chi connectivity index (χ1v) is 8.09. The van der Waals surface area contributed by atoms with Crippen LogP contribution in [0.15, 0.2) is 42.5 Å². The number of carbonyl (C=O) groups excluding carboxylic acids is 1. The lowest BCUT2D eigenvalue weighted by molar-refractivity contribution is -0.127. The van der Waals surface area contributed by atoms with Crippen molar-refractivity contribution >= 4 is 5.91 Å². The number of ether oxygens (including phenoxy) is 2. The first kappa shape index (κ1) is 17.9. The average molecular weight is 327 g/mol. The summed E-state index contributed by atoms with van der Waals surface area (Å²) >= 11 is 0. The summed E-state index contributed by atoms with van der Waals surface area (Å²) in [7, 11) is 1.63. The number of carbonyl (C=O) groups is 1. The van der Waals surface area contributed by atoms with Crippen molar-refractivity contribution in [1.82, 2.24) is 5.32 Å². The van der Waals surface area contributed by atoms with Crippen molar-refractivity contribution in [3.05, 3.63) is 59.2 Å². The van der Waals surface area contributed by atoms with E-state index in [2.05, 4.69) is 5.32 Å². The Morgan fingerprint density at radius 1 is 1.04 bits per heavy atom. The third kappa shape index (κ3) is 4.28. The van der Waals surface area contributed by atoms with Gasteiger partial charge in [0.15, 0.2) is 6.10 Å². The van der Waals surface area contributed by atoms with Crippen LogP contribution in [0, 0.1) is 13.8 Å². The number of hydrogen-bond acceptors (Lipinski definition) is 3. The van der Waals surface area contributed by atoms with Crippen LogP contribution in [0.3, 0.4) is 0 Å². The van der Waals surface area contributed by atoms with Crippen LogP contribution in [-0.2, 0) is 4.79 Å². The zero-order chi connectivity index (χ0) is 17.7. The zero-order valence-corrected chi connectivity index (χ0v) is 14.9. The molecule has 0 spiro atoms. The molecule has 0 aromatic heterocycles. The number of nitrogens with one attached hydrogen (secondary N) is 1. The fraction of sp³-hybridized carbons (Fsp3) is 0.350. The van der Waals surface area contributed by atoms with Gasteiger partial charge in [-0.3, -0.25) is 4.79 Å².